The van der Waals surface area contributed by atoms with Crippen molar-refractivity contribution in [1.82, 2.24) is 20.2 Å². The van der Waals surface area contributed by atoms with Crippen LogP contribution in [0.3, 0.4) is 0 Å². The summed E-state index contributed by atoms with van der Waals surface area (Å²) in [6.45, 7) is 7.64. The number of nitrogens with one attached hydrogen (secondary N) is 1. The second-order valence-electron chi connectivity index (χ2n) is 8.35. The average Bonchev–Trinajstić information content (AvgIpc) is 2.87. The van der Waals surface area contributed by atoms with E-state index in [9.17, 15) is 9.59 Å². The lowest BCUT2D eigenvalue weighted by atomic mass is 10.0. The topological polar surface area (TPSA) is 117 Å². The van der Waals surface area contributed by atoms with Crippen LogP contribution in [0.2, 0.25) is 0 Å². The summed E-state index contributed by atoms with van der Waals surface area (Å²) in [7, 11) is 0. The van der Waals surface area contributed by atoms with Gasteiger partial charge in [0.15, 0.2) is 5.82 Å². The highest BCUT2D eigenvalue weighted by Crippen LogP contribution is 2.32. The molecule has 11 heteroatoms. The predicted molar refractivity (Wildman–Crippen MR) is 139 cm³/mol. The number of amides is 3. The van der Waals surface area contributed by atoms with Crippen LogP contribution in [0.15, 0.2) is 24.3 Å². The first-order valence-electron chi connectivity index (χ1n) is 11.5. The molecule has 10 nitrogen and oxygen atoms in total. The molecule has 4 rings (SSSR count). The zero-order valence-corrected chi connectivity index (χ0v) is 21.6. The Morgan fingerprint density at radius 1 is 1.26 bits per heavy atom. The van der Waals surface area contributed by atoms with Crippen LogP contribution >= 0.6 is 22.9 Å². The molecule has 3 heterocycles. The Kier molecular flexibility index (Phi) is 7.84. The third kappa shape index (κ3) is 5.10. The maximum Gasteiger partial charge on any atom is 0.330 e. The molecular formula is C23H30IN7O3. The lowest BCUT2D eigenvalue weighted by molar-refractivity contribution is -0.130. The second-order valence-corrected chi connectivity index (χ2v) is 9.31. The van der Waals surface area contributed by atoms with E-state index in [0.717, 1.165) is 34.9 Å². The molecule has 0 radical (unpaired) electrons. The summed E-state index contributed by atoms with van der Waals surface area (Å²) >= 11 is 1.98. The molecule has 1 fully saturated rings. The molecule has 0 bridgehead atoms. The number of carbonyl (C=O) groups excluding carboxylic acids is 2. The van der Waals surface area contributed by atoms with E-state index in [1.165, 1.54) is 3.11 Å². The molecule has 2 aliphatic heterocycles. The number of fused-ring (bicyclic) bond motifs is 1. The SMILES string of the molecule is CCNC(=O)N(I)c1ccc(-c2nc3c(c(N4CCOCC4C)n2)CCN(C(=O)CN)C3)cc1. The molecule has 34 heavy (non-hydrogen) atoms. The number of carbonyl (C=O) groups is 2. The van der Waals surface area contributed by atoms with Gasteiger partial charge in [-0.15, -0.1) is 0 Å². The smallest absolute Gasteiger partial charge is 0.330 e. The van der Waals surface area contributed by atoms with Crippen LogP contribution in [0, 0.1) is 0 Å². The van der Waals surface area contributed by atoms with Gasteiger partial charge in [0.05, 0.1) is 66.6 Å². The number of rotatable bonds is 5. The number of hydrogen-bond donors (Lipinski definition) is 2. The number of urea groups is 1. The quantitative estimate of drug-likeness (QED) is 0.412. The molecule has 0 spiro atoms. The Morgan fingerprint density at radius 2 is 2.03 bits per heavy atom. The second kappa shape index (κ2) is 10.8. The number of halogens is 1. The third-order valence-corrected chi connectivity index (χ3v) is 7.06. The highest BCUT2D eigenvalue weighted by Gasteiger charge is 2.30. The first-order valence-corrected chi connectivity index (χ1v) is 12.5. The lowest BCUT2D eigenvalue weighted by Gasteiger charge is -2.37. The van der Waals surface area contributed by atoms with Crippen LogP contribution in [0.5, 0.6) is 0 Å². The molecule has 2 aliphatic rings. The summed E-state index contributed by atoms with van der Waals surface area (Å²) in [5.41, 5.74) is 9.15. The van der Waals surface area contributed by atoms with Crippen LogP contribution in [-0.2, 0) is 22.5 Å². The number of benzene rings is 1. The minimum absolute atomic E-state index is 0.0134. The average molecular weight is 579 g/mol. The van der Waals surface area contributed by atoms with Gasteiger partial charge in [-0.3, -0.25) is 4.79 Å². The molecule has 0 aliphatic carbocycles. The van der Waals surface area contributed by atoms with E-state index in [4.69, 9.17) is 20.4 Å². The molecular weight excluding hydrogens is 549 g/mol. The van der Waals surface area contributed by atoms with Crippen LogP contribution < -0.4 is 19.1 Å². The zero-order valence-electron chi connectivity index (χ0n) is 19.5. The van der Waals surface area contributed by atoms with Crippen molar-refractivity contribution in [2.45, 2.75) is 32.9 Å². The van der Waals surface area contributed by atoms with Gasteiger partial charge in [-0.25, -0.2) is 17.9 Å². The van der Waals surface area contributed by atoms with Gasteiger partial charge >= 0.3 is 6.03 Å². The van der Waals surface area contributed by atoms with Gasteiger partial charge in [-0.1, -0.05) is 0 Å². The van der Waals surface area contributed by atoms with E-state index in [1.807, 2.05) is 54.1 Å². The lowest BCUT2D eigenvalue weighted by Crippen LogP contribution is -2.46. The minimum atomic E-state index is -0.172. The first-order chi connectivity index (χ1) is 16.4. The predicted octanol–water partition coefficient (Wildman–Crippen LogP) is 2.10. The van der Waals surface area contributed by atoms with Gasteiger partial charge in [-0.05, 0) is 44.5 Å². The largest absolute Gasteiger partial charge is 0.377 e. The van der Waals surface area contributed by atoms with Gasteiger partial charge in [-0.2, -0.15) is 0 Å². The third-order valence-electron chi connectivity index (χ3n) is 6.07. The fourth-order valence-electron chi connectivity index (χ4n) is 4.24. The maximum absolute atomic E-state index is 12.3. The number of anilines is 2. The number of hydrogen-bond acceptors (Lipinski definition) is 7. The minimum Gasteiger partial charge on any atom is -0.377 e. The van der Waals surface area contributed by atoms with Crippen molar-refractivity contribution in [2.75, 3.05) is 47.4 Å². The molecule has 1 saturated heterocycles. The summed E-state index contributed by atoms with van der Waals surface area (Å²) in [5, 5.41) is 2.79. The van der Waals surface area contributed by atoms with E-state index >= 15 is 0 Å². The van der Waals surface area contributed by atoms with Gasteiger partial charge in [0.2, 0.25) is 5.91 Å². The number of nitrogens with two attached hydrogens (primary N) is 1. The van der Waals surface area contributed by atoms with Gasteiger partial charge in [0.25, 0.3) is 0 Å². The monoisotopic (exact) mass is 579 g/mol. The molecule has 3 N–H and O–H groups in total. The van der Waals surface area contributed by atoms with Crippen molar-refractivity contribution in [3.63, 3.8) is 0 Å². The summed E-state index contributed by atoms with van der Waals surface area (Å²) in [6, 6.07) is 7.60. The van der Waals surface area contributed by atoms with Gasteiger partial charge < -0.3 is 25.6 Å². The molecule has 1 atom stereocenters. The standard InChI is InChI=1S/C23H30IN7O3/c1-3-26-23(33)31(24)17-6-4-16(5-7-17)21-27-19-13-29(20(32)12-25)9-8-18(19)22(28-21)30-10-11-34-14-15(30)2/h4-7,15H,3,8-14,25H2,1-2H3,(H,26,33). The van der Waals surface area contributed by atoms with Crippen LogP contribution in [0.1, 0.15) is 25.1 Å². The Bertz CT molecular complexity index is 1050. The molecule has 2 aromatic rings. The number of ether oxygens (including phenoxy) is 1. The fourth-order valence-corrected chi connectivity index (χ4v) is 4.73. The van der Waals surface area contributed by atoms with Crippen molar-refractivity contribution in [2.24, 2.45) is 5.73 Å². The Balaban J connectivity index is 1.70. The van der Waals surface area contributed by atoms with E-state index in [2.05, 4.69) is 17.1 Å². The number of nitrogens with zero attached hydrogens (tertiary/aromatic N) is 5. The molecule has 3 amide bonds. The van der Waals surface area contributed by atoms with Crippen LogP contribution in [0.25, 0.3) is 11.4 Å². The number of aromatic nitrogens is 2. The van der Waals surface area contributed by atoms with Crippen molar-refractivity contribution in [3.8, 4) is 11.4 Å². The van der Waals surface area contributed by atoms with Crippen molar-refractivity contribution < 1.29 is 14.3 Å². The van der Waals surface area contributed by atoms with Crippen molar-refractivity contribution in [1.29, 1.82) is 0 Å². The van der Waals surface area contributed by atoms with Crippen molar-refractivity contribution >= 4 is 46.3 Å². The normalized spacial score (nSPS) is 17.8. The highest BCUT2D eigenvalue weighted by atomic mass is 127. The molecule has 1 aromatic carbocycles. The van der Waals surface area contributed by atoms with Gasteiger partial charge in [0, 0.05) is 30.8 Å². The first kappa shape index (κ1) is 24.6. The Labute approximate surface area is 213 Å². The van der Waals surface area contributed by atoms with Gasteiger partial charge in [0.1, 0.15) is 5.82 Å². The zero-order chi connectivity index (χ0) is 24.2. The van der Waals surface area contributed by atoms with Crippen molar-refractivity contribution in [3.05, 3.63) is 35.5 Å². The Hall–Kier alpha value is -2.51. The van der Waals surface area contributed by atoms with E-state index in [0.29, 0.717) is 45.1 Å². The Morgan fingerprint density at radius 3 is 2.71 bits per heavy atom. The molecule has 0 saturated carbocycles. The molecule has 182 valence electrons. The summed E-state index contributed by atoms with van der Waals surface area (Å²) in [4.78, 5) is 38.3. The van der Waals surface area contributed by atoms with Crippen LogP contribution in [-0.4, -0.2) is 72.2 Å². The number of morpholine rings is 1. The summed E-state index contributed by atoms with van der Waals surface area (Å²) in [5.74, 6) is 1.43. The fraction of sp³-hybridized carbons (Fsp3) is 0.478. The maximum atomic E-state index is 12.3. The van der Waals surface area contributed by atoms with E-state index < -0.39 is 0 Å². The highest BCUT2D eigenvalue weighted by molar-refractivity contribution is 14.1. The molecule has 1 unspecified atom stereocenters. The van der Waals surface area contributed by atoms with E-state index in [1.54, 1.807) is 4.90 Å². The van der Waals surface area contributed by atoms with E-state index in [-0.39, 0.29) is 24.5 Å². The summed E-state index contributed by atoms with van der Waals surface area (Å²) < 4.78 is 7.18. The molecule has 1 aromatic heterocycles. The summed E-state index contributed by atoms with van der Waals surface area (Å²) in [6.07, 6.45) is 0.691. The van der Waals surface area contributed by atoms with Crippen LogP contribution in [0.4, 0.5) is 16.3 Å².